The molecule has 24 heavy (non-hydrogen) atoms. The van der Waals surface area contributed by atoms with Gasteiger partial charge in [-0.15, -0.1) is 0 Å². The summed E-state index contributed by atoms with van der Waals surface area (Å²) in [6.07, 6.45) is 2.22. The van der Waals surface area contributed by atoms with Crippen LogP contribution in [-0.4, -0.2) is 48.6 Å². The number of likely N-dealkylation sites (tertiary alicyclic amines) is 1. The van der Waals surface area contributed by atoms with E-state index in [0.717, 1.165) is 51.6 Å². The first-order valence-electron chi connectivity index (χ1n) is 8.47. The summed E-state index contributed by atoms with van der Waals surface area (Å²) in [4.78, 5) is 17.7. The van der Waals surface area contributed by atoms with Crippen molar-refractivity contribution in [2.45, 2.75) is 26.3 Å². The van der Waals surface area contributed by atoms with E-state index in [1.807, 2.05) is 13.0 Å². The lowest BCUT2D eigenvalue weighted by atomic mass is 9.87. The maximum atomic E-state index is 11.1. The summed E-state index contributed by atoms with van der Waals surface area (Å²) in [5.41, 5.74) is 1.02. The molecule has 2 fully saturated rings. The van der Waals surface area contributed by atoms with Crippen molar-refractivity contribution in [1.82, 2.24) is 10.2 Å². The van der Waals surface area contributed by atoms with Crippen molar-refractivity contribution in [2.24, 2.45) is 10.4 Å². The van der Waals surface area contributed by atoms with Crippen LogP contribution in [0.2, 0.25) is 0 Å². The second-order valence-corrected chi connectivity index (χ2v) is 6.53. The minimum absolute atomic E-state index is 0.124. The third-order valence-electron chi connectivity index (χ3n) is 4.85. The summed E-state index contributed by atoms with van der Waals surface area (Å²) >= 11 is 0. The van der Waals surface area contributed by atoms with E-state index in [-0.39, 0.29) is 16.0 Å². The van der Waals surface area contributed by atoms with Crippen LogP contribution in [0.4, 0.5) is 5.69 Å². The molecule has 3 rings (SSSR count). The molecule has 1 N–H and O–H groups in total. The van der Waals surface area contributed by atoms with Crippen LogP contribution in [0.3, 0.4) is 0 Å². The smallest absolute Gasteiger partial charge is 0.274 e. The fourth-order valence-electron chi connectivity index (χ4n) is 3.50. The quantitative estimate of drug-likeness (QED) is 0.396. The van der Waals surface area contributed by atoms with Gasteiger partial charge in [0.15, 0.2) is 5.96 Å². The molecule has 2 aliphatic heterocycles. The number of nitro benzene ring substituents is 1. The molecule has 2 saturated heterocycles. The van der Waals surface area contributed by atoms with Gasteiger partial charge in [-0.25, -0.2) is 4.99 Å². The Morgan fingerprint density at radius 2 is 2.29 bits per heavy atom. The first-order valence-corrected chi connectivity index (χ1v) is 8.47. The Hall–Kier alpha value is -2.15. The molecule has 1 spiro atoms. The van der Waals surface area contributed by atoms with Crippen LogP contribution in [0.25, 0.3) is 0 Å². The molecule has 2 heterocycles. The number of aliphatic imine (C=N–C) groups is 1. The van der Waals surface area contributed by atoms with Gasteiger partial charge in [0, 0.05) is 37.7 Å². The van der Waals surface area contributed by atoms with E-state index in [1.54, 1.807) is 12.1 Å². The topological polar surface area (TPSA) is 80.0 Å². The average molecular weight is 332 g/mol. The largest absolute Gasteiger partial charge is 0.381 e. The van der Waals surface area contributed by atoms with E-state index >= 15 is 0 Å². The number of guanidine groups is 1. The summed E-state index contributed by atoms with van der Waals surface area (Å²) < 4.78 is 5.58. The fraction of sp³-hybridized carbons (Fsp3) is 0.588. The van der Waals surface area contributed by atoms with Crippen molar-refractivity contribution in [3.63, 3.8) is 0 Å². The van der Waals surface area contributed by atoms with Crippen molar-refractivity contribution >= 4 is 11.6 Å². The van der Waals surface area contributed by atoms with Crippen molar-refractivity contribution in [2.75, 3.05) is 32.8 Å². The highest BCUT2D eigenvalue weighted by Gasteiger charge is 2.42. The highest BCUT2D eigenvalue weighted by molar-refractivity contribution is 5.80. The lowest BCUT2D eigenvalue weighted by Gasteiger charge is -2.25. The Morgan fingerprint density at radius 1 is 1.46 bits per heavy atom. The molecule has 0 aliphatic carbocycles. The molecular weight excluding hydrogens is 308 g/mol. The number of nitro groups is 1. The Balaban J connectivity index is 1.74. The number of nitrogens with zero attached hydrogens (tertiary/aromatic N) is 3. The summed E-state index contributed by atoms with van der Waals surface area (Å²) in [6, 6.07) is 6.78. The van der Waals surface area contributed by atoms with Gasteiger partial charge in [0.05, 0.1) is 23.6 Å². The maximum absolute atomic E-state index is 11.1. The number of hydrogen-bond acceptors (Lipinski definition) is 4. The molecule has 7 heteroatoms. The molecular formula is C17H24N4O3. The monoisotopic (exact) mass is 332 g/mol. The van der Waals surface area contributed by atoms with E-state index in [9.17, 15) is 10.1 Å². The van der Waals surface area contributed by atoms with E-state index in [1.165, 1.54) is 6.07 Å². The zero-order valence-electron chi connectivity index (χ0n) is 14.0. The number of nitrogens with one attached hydrogen (secondary N) is 1. The van der Waals surface area contributed by atoms with Gasteiger partial charge in [-0.1, -0.05) is 18.2 Å². The van der Waals surface area contributed by atoms with Gasteiger partial charge >= 0.3 is 0 Å². The second-order valence-electron chi connectivity index (χ2n) is 6.53. The first-order chi connectivity index (χ1) is 11.6. The van der Waals surface area contributed by atoms with Gasteiger partial charge in [-0.05, 0) is 19.8 Å². The van der Waals surface area contributed by atoms with Gasteiger partial charge < -0.3 is 15.0 Å². The van der Waals surface area contributed by atoms with E-state index in [4.69, 9.17) is 4.74 Å². The van der Waals surface area contributed by atoms with Crippen molar-refractivity contribution < 1.29 is 9.66 Å². The van der Waals surface area contributed by atoms with Crippen LogP contribution in [0.5, 0.6) is 0 Å². The summed E-state index contributed by atoms with van der Waals surface area (Å²) in [6.45, 7) is 6.67. The Labute approximate surface area is 141 Å². The van der Waals surface area contributed by atoms with Crippen molar-refractivity contribution in [3.05, 3.63) is 39.9 Å². The molecule has 2 aliphatic rings. The lowest BCUT2D eigenvalue weighted by Crippen LogP contribution is -2.41. The molecule has 1 aromatic carbocycles. The zero-order chi connectivity index (χ0) is 17.0. The predicted octanol–water partition coefficient (Wildman–Crippen LogP) is 2.17. The highest BCUT2D eigenvalue weighted by Crippen LogP contribution is 2.38. The van der Waals surface area contributed by atoms with Gasteiger partial charge in [-0.3, -0.25) is 10.1 Å². The molecule has 0 amide bonds. The van der Waals surface area contributed by atoms with Crippen molar-refractivity contribution in [1.29, 1.82) is 0 Å². The predicted molar refractivity (Wildman–Crippen MR) is 92.0 cm³/mol. The lowest BCUT2D eigenvalue weighted by molar-refractivity contribution is -0.385. The molecule has 0 radical (unpaired) electrons. The van der Waals surface area contributed by atoms with Gasteiger partial charge in [0.1, 0.15) is 0 Å². The number of para-hydroxylation sites is 1. The van der Waals surface area contributed by atoms with Gasteiger partial charge in [0.25, 0.3) is 5.69 Å². The molecule has 0 saturated carbocycles. The zero-order valence-corrected chi connectivity index (χ0v) is 14.0. The number of rotatable bonds is 4. The van der Waals surface area contributed by atoms with Crippen molar-refractivity contribution in [3.8, 4) is 0 Å². The minimum Gasteiger partial charge on any atom is -0.381 e. The standard InChI is InChI=1S/C17H24N4O3/c1-2-18-16(20-9-7-17(12-20)8-10-24-13-17)19-11-14-5-3-4-6-15(14)21(22)23/h3-6H,2,7-13H2,1H3,(H,18,19). The van der Waals surface area contributed by atoms with Crippen LogP contribution >= 0.6 is 0 Å². The Bertz CT molecular complexity index is 626. The van der Waals surface area contributed by atoms with Crippen LogP contribution in [0.15, 0.2) is 29.3 Å². The normalized spacial score (nSPS) is 23.9. The molecule has 0 aromatic heterocycles. The SMILES string of the molecule is CCNC(=NCc1ccccc1[N+](=O)[O-])N1CCC2(CCOC2)C1. The van der Waals surface area contributed by atoms with Crippen LogP contribution in [0.1, 0.15) is 25.3 Å². The molecule has 7 nitrogen and oxygen atoms in total. The molecule has 1 aromatic rings. The minimum atomic E-state index is -0.349. The van der Waals surface area contributed by atoms with Crippen LogP contribution < -0.4 is 5.32 Å². The summed E-state index contributed by atoms with van der Waals surface area (Å²) in [5.74, 6) is 0.833. The van der Waals surface area contributed by atoms with Gasteiger partial charge in [0.2, 0.25) is 0 Å². The van der Waals surface area contributed by atoms with Crippen LogP contribution in [-0.2, 0) is 11.3 Å². The molecule has 130 valence electrons. The van der Waals surface area contributed by atoms with Crippen LogP contribution in [0, 0.1) is 15.5 Å². The number of ether oxygens (including phenoxy) is 1. The molecule has 1 unspecified atom stereocenters. The van der Waals surface area contributed by atoms with Gasteiger partial charge in [-0.2, -0.15) is 0 Å². The van der Waals surface area contributed by atoms with E-state index < -0.39 is 0 Å². The number of hydrogen-bond donors (Lipinski definition) is 1. The van der Waals surface area contributed by atoms with E-state index in [0.29, 0.717) is 12.1 Å². The third-order valence-corrected chi connectivity index (χ3v) is 4.85. The Morgan fingerprint density at radius 3 is 3.00 bits per heavy atom. The summed E-state index contributed by atoms with van der Waals surface area (Å²) in [7, 11) is 0. The molecule has 0 bridgehead atoms. The average Bonchev–Trinajstić information content (AvgIpc) is 3.22. The third kappa shape index (κ3) is 3.51. The highest BCUT2D eigenvalue weighted by atomic mass is 16.6. The fourth-order valence-corrected chi connectivity index (χ4v) is 3.50. The maximum Gasteiger partial charge on any atom is 0.274 e. The van der Waals surface area contributed by atoms with E-state index in [2.05, 4.69) is 15.2 Å². The first kappa shape index (κ1) is 16.7. The molecule has 1 atom stereocenters. The Kier molecular flexibility index (Phi) is 4.99. The number of benzene rings is 1. The second kappa shape index (κ2) is 7.17. The summed E-state index contributed by atoms with van der Waals surface area (Å²) in [5, 5.41) is 14.5.